The first-order valence-corrected chi connectivity index (χ1v) is 8.39. The number of para-hydroxylation sites is 1. The summed E-state index contributed by atoms with van der Waals surface area (Å²) in [5, 5.41) is 0. The maximum absolute atomic E-state index is 13.3. The van der Waals surface area contributed by atoms with Crippen molar-refractivity contribution in [2.45, 2.75) is 38.8 Å². The van der Waals surface area contributed by atoms with Gasteiger partial charge in [-0.3, -0.25) is 9.69 Å². The fourth-order valence-electron chi connectivity index (χ4n) is 4.04. The number of carbonyl (C=O) groups excluding carboxylic acids is 1. The Morgan fingerprint density at radius 1 is 1.00 bits per heavy atom. The van der Waals surface area contributed by atoms with Crippen LogP contribution in [0.2, 0.25) is 0 Å². The first kappa shape index (κ1) is 14.3. The first-order chi connectivity index (χ1) is 11.1. The molecule has 118 valence electrons. The molecule has 2 aromatic carbocycles. The second-order valence-corrected chi connectivity index (χ2v) is 6.82. The van der Waals surface area contributed by atoms with Crippen molar-refractivity contribution in [3.8, 4) is 0 Å². The molecule has 3 nitrogen and oxygen atoms in total. The van der Waals surface area contributed by atoms with Crippen LogP contribution < -0.4 is 9.80 Å². The predicted molar refractivity (Wildman–Crippen MR) is 94.0 cm³/mol. The minimum Gasteiger partial charge on any atom is -0.348 e. The van der Waals surface area contributed by atoms with Gasteiger partial charge in [-0.15, -0.1) is 0 Å². The number of piperidine rings is 1. The molecular formula is C20H22N2O. The third kappa shape index (κ3) is 2.07. The van der Waals surface area contributed by atoms with Gasteiger partial charge in [0.15, 0.2) is 0 Å². The van der Waals surface area contributed by atoms with Crippen molar-refractivity contribution >= 4 is 17.3 Å². The van der Waals surface area contributed by atoms with E-state index in [2.05, 4.69) is 49.1 Å². The average Bonchev–Trinajstić information content (AvgIpc) is 2.56. The zero-order valence-corrected chi connectivity index (χ0v) is 13.7. The van der Waals surface area contributed by atoms with E-state index < -0.39 is 0 Å². The lowest BCUT2D eigenvalue weighted by Gasteiger charge is -2.55. The number of benzene rings is 2. The number of carbonyl (C=O) groups is 1. The van der Waals surface area contributed by atoms with Gasteiger partial charge in [0, 0.05) is 12.2 Å². The SMILES string of the molecule is Cc1ccc(N2C(=O)c3ccccc3N3CCCCC32C)cc1. The molecule has 1 unspecified atom stereocenters. The van der Waals surface area contributed by atoms with Gasteiger partial charge in [-0.25, -0.2) is 0 Å². The van der Waals surface area contributed by atoms with E-state index in [0.29, 0.717) is 0 Å². The van der Waals surface area contributed by atoms with Crippen LogP contribution in [0.3, 0.4) is 0 Å². The molecule has 1 fully saturated rings. The molecule has 0 N–H and O–H groups in total. The topological polar surface area (TPSA) is 23.6 Å². The second kappa shape index (κ2) is 5.12. The third-order valence-corrected chi connectivity index (χ3v) is 5.27. The van der Waals surface area contributed by atoms with Crippen molar-refractivity contribution in [3.05, 3.63) is 59.7 Å². The normalized spacial score (nSPS) is 23.5. The van der Waals surface area contributed by atoms with Crippen LogP contribution in [-0.4, -0.2) is 18.1 Å². The van der Waals surface area contributed by atoms with E-state index in [-0.39, 0.29) is 11.6 Å². The van der Waals surface area contributed by atoms with E-state index >= 15 is 0 Å². The van der Waals surface area contributed by atoms with Crippen LogP contribution in [-0.2, 0) is 0 Å². The van der Waals surface area contributed by atoms with Gasteiger partial charge in [-0.05, 0) is 57.4 Å². The number of anilines is 2. The number of amides is 1. The molecule has 1 saturated heterocycles. The summed E-state index contributed by atoms with van der Waals surface area (Å²) in [6, 6.07) is 16.3. The summed E-state index contributed by atoms with van der Waals surface area (Å²) in [5.74, 6) is 0.116. The number of hydrogen-bond donors (Lipinski definition) is 0. The maximum atomic E-state index is 13.3. The highest BCUT2D eigenvalue weighted by atomic mass is 16.2. The molecule has 0 saturated carbocycles. The summed E-state index contributed by atoms with van der Waals surface area (Å²) in [5.41, 5.74) is 3.82. The smallest absolute Gasteiger partial charge is 0.262 e. The van der Waals surface area contributed by atoms with Crippen LogP contribution in [0.25, 0.3) is 0 Å². The Labute approximate surface area is 137 Å². The zero-order chi connectivity index (χ0) is 16.0. The molecule has 1 atom stereocenters. The highest BCUT2D eigenvalue weighted by molar-refractivity contribution is 6.13. The van der Waals surface area contributed by atoms with E-state index in [1.165, 1.54) is 12.0 Å². The van der Waals surface area contributed by atoms with Crippen molar-refractivity contribution in [2.24, 2.45) is 0 Å². The van der Waals surface area contributed by atoms with Gasteiger partial charge in [-0.2, -0.15) is 0 Å². The molecule has 2 heterocycles. The Balaban J connectivity index is 1.91. The van der Waals surface area contributed by atoms with Crippen LogP contribution in [0.4, 0.5) is 11.4 Å². The van der Waals surface area contributed by atoms with Gasteiger partial charge in [-0.1, -0.05) is 29.8 Å². The summed E-state index contributed by atoms with van der Waals surface area (Å²) >= 11 is 0. The molecule has 3 heteroatoms. The van der Waals surface area contributed by atoms with Gasteiger partial charge < -0.3 is 4.90 Å². The van der Waals surface area contributed by atoms with Crippen molar-refractivity contribution in [1.82, 2.24) is 0 Å². The number of rotatable bonds is 1. The first-order valence-electron chi connectivity index (χ1n) is 8.39. The molecule has 0 aromatic heterocycles. The van der Waals surface area contributed by atoms with E-state index in [1.54, 1.807) is 0 Å². The molecule has 2 aliphatic heterocycles. The van der Waals surface area contributed by atoms with Gasteiger partial charge in [0.2, 0.25) is 0 Å². The van der Waals surface area contributed by atoms with E-state index in [9.17, 15) is 4.79 Å². The maximum Gasteiger partial charge on any atom is 0.262 e. The number of aryl methyl sites for hydroxylation is 1. The molecule has 0 bridgehead atoms. The van der Waals surface area contributed by atoms with Crippen molar-refractivity contribution in [3.63, 3.8) is 0 Å². The Hall–Kier alpha value is -2.29. The van der Waals surface area contributed by atoms with E-state index in [0.717, 1.165) is 36.3 Å². The monoisotopic (exact) mass is 306 g/mol. The van der Waals surface area contributed by atoms with Gasteiger partial charge >= 0.3 is 0 Å². The van der Waals surface area contributed by atoms with Gasteiger partial charge in [0.25, 0.3) is 5.91 Å². The van der Waals surface area contributed by atoms with Crippen LogP contribution in [0.5, 0.6) is 0 Å². The Bertz CT molecular complexity index is 752. The predicted octanol–water partition coefficient (Wildman–Crippen LogP) is 4.36. The number of fused-ring (bicyclic) bond motifs is 3. The molecule has 2 aromatic rings. The fraction of sp³-hybridized carbons (Fsp3) is 0.350. The molecule has 1 amide bonds. The summed E-state index contributed by atoms with van der Waals surface area (Å²) < 4.78 is 0. The average molecular weight is 306 g/mol. The molecular weight excluding hydrogens is 284 g/mol. The van der Waals surface area contributed by atoms with Crippen LogP contribution in [0.1, 0.15) is 42.1 Å². The quantitative estimate of drug-likeness (QED) is 0.781. The van der Waals surface area contributed by atoms with Crippen molar-refractivity contribution < 1.29 is 4.79 Å². The number of hydrogen-bond acceptors (Lipinski definition) is 2. The fourth-order valence-corrected chi connectivity index (χ4v) is 4.04. The molecule has 0 aliphatic carbocycles. The highest BCUT2D eigenvalue weighted by Crippen LogP contribution is 2.44. The molecule has 0 radical (unpaired) electrons. The largest absolute Gasteiger partial charge is 0.348 e. The van der Waals surface area contributed by atoms with E-state index in [1.807, 2.05) is 23.1 Å². The Morgan fingerprint density at radius 2 is 1.74 bits per heavy atom. The van der Waals surface area contributed by atoms with Crippen LogP contribution in [0.15, 0.2) is 48.5 Å². The lowest BCUT2D eigenvalue weighted by atomic mass is 9.88. The summed E-state index contributed by atoms with van der Waals surface area (Å²) in [7, 11) is 0. The molecule has 23 heavy (non-hydrogen) atoms. The summed E-state index contributed by atoms with van der Waals surface area (Å²) in [6.45, 7) is 5.29. The minimum absolute atomic E-state index is 0.116. The summed E-state index contributed by atoms with van der Waals surface area (Å²) in [6.07, 6.45) is 3.34. The molecule has 0 spiro atoms. The highest BCUT2D eigenvalue weighted by Gasteiger charge is 2.48. The van der Waals surface area contributed by atoms with Crippen LogP contribution in [0, 0.1) is 6.92 Å². The molecule has 4 rings (SSSR count). The van der Waals surface area contributed by atoms with Crippen LogP contribution >= 0.6 is 0 Å². The Morgan fingerprint density at radius 3 is 2.52 bits per heavy atom. The summed E-state index contributed by atoms with van der Waals surface area (Å²) in [4.78, 5) is 17.7. The zero-order valence-electron chi connectivity index (χ0n) is 13.7. The van der Waals surface area contributed by atoms with Gasteiger partial charge in [0.1, 0.15) is 5.66 Å². The third-order valence-electron chi connectivity index (χ3n) is 5.27. The standard InChI is InChI=1S/C20H22N2O/c1-15-9-11-16(12-10-15)22-19(23)17-7-3-4-8-18(17)21-14-6-5-13-20(21,22)2/h3-4,7-12H,5-6,13-14H2,1-2H3. The lowest BCUT2D eigenvalue weighted by molar-refractivity contribution is 0.0934. The van der Waals surface area contributed by atoms with Crippen molar-refractivity contribution in [1.29, 1.82) is 0 Å². The number of nitrogens with zero attached hydrogens (tertiary/aromatic N) is 2. The van der Waals surface area contributed by atoms with E-state index in [4.69, 9.17) is 0 Å². The van der Waals surface area contributed by atoms with Crippen molar-refractivity contribution in [2.75, 3.05) is 16.3 Å². The molecule has 2 aliphatic rings. The second-order valence-electron chi connectivity index (χ2n) is 6.82. The lowest BCUT2D eigenvalue weighted by Crippen LogP contribution is -2.66. The Kier molecular flexibility index (Phi) is 3.19. The minimum atomic E-state index is -0.279. The van der Waals surface area contributed by atoms with Gasteiger partial charge in [0.05, 0.1) is 11.3 Å².